The molecule has 0 atom stereocenters. The summed E-state index contributed by atoms with van der Waals surface area (Å²) in [5.74, 6) is 1.62. The average Bonchev–Trinajstić information content (AvgIpc) is 3.23. The van der Waals surface area contributed by atoms with E-state index in [1.54, 1.807) is 0 Å². The molecule has 2 aromatic rings. The van der Waals surface area contributed by atoms with E-state index in [1.807, 2.05) is 58.3 Å². The minimum atomic E-state index is 0.00612. The van der Waals surface area contributed by atoms with E-state index in [0.29, 0.717) is 50.5 Å². The second-order valence-electron chi connectivity index (χ2n) is 10.5. The van der Waals surface area contributed by atoms with Crippen LogP contribution in [0.15, 0.2) is 48.5 Å². The molecule has 0 unspecified atom stereocenters. The van der Waals surface area contributed by atoms with Gasteiger partial charge >= 0.3 is 0 Å². The largest absolute Gasteiger partial charge is 0.494 e. The topological polar surface area (TPSA) is 59.1 Å². The molecule has 0 bridgehead atoms. The predicted octanol–water partition coefficient (Wildman–Crippen LogP) is 7.37. The molecule has 3 rings (SSSR count). The van der Waals surface area contributed by atoms with Gasteiger partial charge in [0.2, 0.25) is 0 Å². The molecule has 1 fully saturated rings. The predicted molar refractivity (Wildman–Crippen MR) is 158 cm³/mol. The van der Waals surface area contributed by atoms with Crippen molar-refractivity contribution in [1.29, 1.82) is 0 Å². The highest BCUT2D eigenvalue weighted by Gasteiger charge is 2.23. The van der Waals surface area contributed by atoms with Crippen LogP contribution in [0.4, 0.5) is 0 Å². The normalized spacial score (nSPS) is 13.7. The van der Waals surface area contributed by atoms with Crippen LogP contribution < -0.4 is 9.47 Å². The van der Waals surface area contributed by atoms with Crippen molar-refractivity contribution in [2.75, 3.05) is 39.4 Å². The number of hydrogen-bond acceptors (Lipinski definition) is 4. The highest BCUT2D eigenvalue weighted by atomic mass is 16.5. The van der Waals surface area contributed by atoms with Crippen LogP contribution in [0, 0.1) is 0 Å². The zero-order valence-electron chi connectivity index (χ0n) is 24.2. The summed E-state index contributed by atoms with van der Waals surface area (Å²) >= 11 is 0. The molecule has 0 N–H and O–H groups in total. The Morgan fingerprint density at radius 1 is 0.564 bits per heavy atom. The smallest absolute Gasteiger partial charge is 0.253 e. The molecule has 0 aromatic heterocycles. The van der Waals surface area contributed by atoms with E-state index in [1.165, 1.54) is 51.4 Å². The fraction of sp³-hybridized carbons (Fsp3) is 0.576. The van der Waals surface area contributed by atoms with Crippen molar-refractivity contribution in [2.45, 2.75) is 84.5 Å². The van der Waals surface area contributed by atoms with Crippen LogP contribution in [0.3, 0.4) is 0 Å². The standard InChI is InChI=1S/C33H48N2O4/c1-3-5-7-9-11-26-38-30-18-14-28(15-19-30)32(36)34-22-13-23-35(25-24-34)33(37)29-16-20-31(21-17-29)39-27-12-10-8-6-4-2/h14-21H,3-13,22-27H2,1-2H3. The van der Waals surface area contributed by atoms with Gasteiger partial charge in [-0.1, -0.05) is 65.2 Å². The number of carbonyl (C=O) groups is 2. The summed E-state index contributed by atoms with van der Waals surface area (Å²) < 4.78 is 11.7. The zero-order chi connectivity index (χ0) is 27.7. The minimum Gasteiger partial charge on any atom is -0.494 e. The van der Waals surface area contributed by atoms with E-state index < -0.39 is 0 Å². The first-order valence-electron chi connectivity index (χ1n) is 15.2. The Morgan fingerprint density at radius 2 is 0.949 bits per heavy atom. The molecule has 39 heavy (non-hydrogen) atoms. The van der Waals surface area contributed by atoms with Gasteiger partial charge in [0.25, 0.3) is 11.8 Å². The molecule has 1 heterocycles. The quantitative estimate of drug-likeness (QED) is 0.210. The van der Waals surface area contributed by atoms with Gasteiger partial charge in [0.05, 0.1) is 13.2 Å². The number of carbonyl (C=O) groups excluding carboxylic acids is 2. The molecule has 6 nitrogen and oxygen atoms in total. The summed E-state index contributed by atoms with van der Waals surface area (Å²) in [6.07, 6.45) is 12.8. The molecule has 0 aliphatic carbocycles. The monoisotopic (exact) mass is 536 g/mol. The zero-order valence-corrected chi connectivity index (χ0v) is 24.2. The van der Waals surface area contributed by atoms with Gasteiger partial charge in [-0.05, 0) is 67.8 Å². The Balaban J connectivity index is 1.42. The summed E-state index contributed by atoms with van der Waals surface area (Å²) in [6.45, 7) is 8.19. The van der Waals surface area contributed by atoms with Crippen LogP contribution in [0.25, 0.3) is 0 Å². The SMILES string of the molecule is CCCCCCCOc1ccc(C(=O)N2CCCN(C(=O)c3ccc(OCCCCCCC)cc3)CC2)cc1. The molecule has 6 heteroatoms. The molecule has 0 saturated carbocycles. The Bertz CT molecular complexity index is 895. The lowest BCUT2D eigenvalue weighted by molar-refractivity contribution is 0.0718. The van der Waals surface area contributed by atoms with Crippen molar-refractivity contribution in [1.82, 2.24) is 9.80 Å². The Morgan fingerprint density at radius 3 is 1.33 bits per heavy atom. The van der Waals surface area contributed by atoms with Gasteiger partial charge < -0.3 is 19.3 Å². The molecular weight excluding hydrogens is 488 g/mol. The van der Waals surface area contributed by atoms with Crippen LogP contribution in [0.2, 0.25) is 0 Å². The van der Waals surface area contributed by atoms with E-state index in [-0.39, 0.29) is 11.8 Å². The Labute approximate surface area is 235 Å². The lowest BCUT2D eigenvalue weighted by Gasteiger charge is -2.22. The van der Waals surface area contributed by atoms with Crippen molar-refractivity contribution < 1.29 is 19.1 Å². The first kappa shape index (κ1) is 30.5. The van der Waals surface area contributed by atoms with Crippen LogP contribution >= 0.6 is 0 Å². The van der Waals surface area contributed by atoms with E-state index >= 15 is 0 Å². The molecule has 1 saturated heterocycles. The molecule has 1 aliphatic rings. The molecule has 1 aliphatic heterocycles. The van der Waals surface area contributed by atoms with E-state index in [0.717, 1.165) is 30.8 Å². The van der Waals surface area contributed by atoms with Crippen molar-refractivity contribution >= 4 is 11.8 Å². The third-order valence-corrected chi connectivity index (χ3v) is 7.31. The maximum absolute atomic E-state index is 13.1. The van der Waals surface area contributed by atoms with Crippen molar-refractivity contribution in [2.24, 2.45) is 0 Å². The second-order valence-corrected chi connectivity index (χ2v) is 10.5. The molecular formula is C33H48N2O4. The minimum absolute atomic E-state index is 0.00612. The van der Waals surface area contributed by atoms with Gasteiger partial charge in [0.1, 0.15) is 11.5 Å². The molecule has 214 valence electrons. The third-order valence-electron chi connectivity index (χ3n) is 7.31. The summed E-state index contributed by atoms with van der Waals surface area (Å²) in [5, 5.41) is 0. The van der Waals surface area contributed by atoms with Gasteiger partial charge in [0, 0.05) is 37.3 Å². The van der Waals surface area contributed by atoms with Crippen molar-refractivity contribution in [3.63, 3.8) is 0 Å². The molecule has 2 aromatic carbocycles. The summed E-state index contributed by atoms with van der Waals surface area (Å²) in [6, 6.07) is 14.9. The van der Waals surface area contributed by atoms with E-state index in [9.17, 15) is 9.59 Å². The van der Waals surface area contributed by atoms with Crippen LogP contribution in [-0.4, -0.2) is 61.0 Å². The fourth-order valence-electron chi connectivity index (χ4n) is 4.87. The average molecular weight is 537 g/mol. The van der Waals surface area contributed by atoms with Crippen molar-refractivity contribution in [3.05, 3.63) is 59.7 Å². The van der Waals surface area contributed by atoms with Gasteiger partial charge in [-0.25, -0.2) is 0 Å². The number of ether oxygens (including phenoxy) is 2. The highest BCUT2D eigenvalue weighted by Crippen LogP contribution is 2.18. The molecule has 0 spiro atoms. The van der Waals surface area contributed by atoms with Crippen molar-refractivity contribution in [3.8, 4) is 11.5 Å². The second kappa shape index (κ2) is 17.5. The lowest BCUT2D eigenvalue weighted by atomic mass is 10.1. The number of rotatable bonds is 16. The van der Waals surface area contributed by atoms with Gasteiger partial charge in [-0.2, -0.15) is 0 Å². The first-order chi connectivity index (χ1) is 19.1. The van der Waals surface area contributed by atoms with Crippen LogP contribution in [0.1, 0.15) is 105 Å². The maximum atomic E-state index is 13.1. The maximum Gasteiger partial charge on any atom is 0.253 e. The Kier molecular flexibility index (Phi) is 13.7. The molecule has 2 amide bonds. The third kappa shape index (κ3) is 10.6. The number of benzene rings is 2. The van der Waals surface area contributed by atoms with E-state index in [4.69, 9.17) is 9.47 Å². The summed E-state index contributed by atoms with van der Waals surface area (Å²) in [5.41, 5.74) is 1.32. The van der Waals surface area contributed by atoms with Gasteiger partial charge in [0.15, 0.2) is 0 Å². The number of hydrogen-bond donors (Lipinski definition) is 0. The highest BCUT2D eigenvalue weighted by molar-refractivity contribution is 5.95. The first-order valence-corrected chi connectivity index (χ1v) is 15.2. The summed E-state index contributed by atoms with van der Waals surface area (Å²) in [7, 11) is 0. The summed E-state index contributed by atoms with van der Waals surface area (Å²) in [4.78, 5) is 30.0. The number of unbranched alkanes of at least 4 members (excludes halogenated alkanes) is 8. The van der Waals surface area contributed by atoms with Gasteiger partial charge in [-0.3, -0.25) is 9.59 Å². The number of nitrogens with zero attached hydrogens (tertiary/aromatic N) is 2. The van der Waals surface area contributed by atoms with E-state index in [2.05, 4.69) is 13.8 Å². The lowest BCUT2D eigenvalue weighted by Crippen LogP contribution is -2.37. The van der Waals surface area contributed by atoms with Crippen LogP contribution in [0.5, 0.6) is 11.5 Å². The van der Waals surface area contributed by atoms with Gasteiger partial charge in [-0.15, -0.1) is 0 Å². The molecule has 0 radical (unpaired) electrons. The van der Waals surface area contributed by atoms with Crippen LogP contribution in [-0.2, 0) is 0 Å². The Hall–Kier alpha value is -3.02. The number of amides is 2. The fourth-order valence-corrected chi connectivity index (χ4v) is 4.87.